The van der Waals surface area contributed by atoms with E-state index in [0.717, 1.165) is 13.1 Å². The van der Waals surface area contributed by atoms with E-state index in [2.05, 4.69) is 58.3 Å². The maximum absolute atomic E-state index is 15.1. The van der Waals surface area contributed by atoms with E-state index in [1.54, 1.807) is 12.1 Å². The number of carbonyl (C=O) groups excluding carboxylic acids is 1. The molecule has 1 atom stereocenters. The van der Waals surface area contributed by atoms with Crippen LogP contribution in [0.5, 0.6) is 0 Å². The number of amides is 1. The number of halogens is 1. The molecule has 34 heavy (non-hydrogen) atoms. The largest absolute Gasteiger partial charge is 0.443 e. The van der Waals surface area contributed by atoms with E-state index in [1.807, 2.05) is 12.1 Å². The number of benzene rings is 3. The van der Waals surface area contributed by atoms with Gasteiger partial charge in [0.1, 0.15) is 11.9 Å². The highest BCUT2D eigenvalue weighted by atomic mass is 19.1. The minimum Gasteiger partial charge on any atom is -0.443 e. The van der Waals surface area contributed by atoms with Crippen LogP contribution in [0.25, 0.3) is 0 Å². The van der Waals surface area contributed by atoms with Crippen LogP contribution in [-0.2, 0) is 4.74 Å². The molecule has 3 aromatic carbocycles. The van der Waals surface area contributed by atoms with Gasteiger partial charge in [-0.05, 0) is 29.3 Å². The summed E-state index contributed by atoms with van der Waals surface area (Å²) in [6, 6.07) is 26.2. The van der Waals surface area contributed by atoms with Gasteiger partial charge in [0, 0.05) is 32.7 Å². The van der Waals surface area contributed by atoms with Crippen molar-refractivity contribution in [2.45, 2.75) is 12.1 Å². The van der Waals surface area contributed by atoms with Gasteiger partial charge < -0.3 is 15.4 Å². The predicted molar refractivity (Wildman–Crippen MR) is 132 cm³/mol. The zero-order chi connectivity index (χ0) is 23.5. The predicted octanol–water partition coefficient (Wildman–Crippen LogP) is 4.02. The van der Waals surface area contributed by atoms with Crippen LogP contribution >= 0.6 is 0 Å². The van der Waals surface area contributed by atoms with Crippen molar-refractivity contribution >= 4 is 17.5 Å². The first-order valence-corrected chi connectivity index (χ1v) is 11.7. The van der Waals surface area contributed by atoms with Crippen LogP contribution in [0, 0.1) is 5.82 Å². The fourth-order valence-corrected chi connectivity index (χ4v) is 4.88. The van der Waals surface area contributed by atoms with E-state index in [4.69, 9.17) is 10.5 Å². The molecule has 6 nitrogen and oxygen atoms in total. The van der Waals surface area contributed by atoms with E-state index >= 15 is 4.39 Å². The van der Waals surface area contributed by atoms with Gasteiger partial charge in [-0.1, -0.05) is 60.7 Å². The Bertz CT molecular complexity index is 1080. The van der Waals surface area contributed by atoms with Crippen LogP contribution in [0.1, 0.15) is 17.2 Å². The lowest BCUT2D eigenvalue weighted by Gasteiger charge is -2.40. The third-order valence-electron chi connectivity index (χ3n) is 6.63. The number of piperazine rings is 1. The Labute approximate surface area is 199 Å². The standard InChI is InChI=1S/C27H29FN4O2/c28-24-17-22(32-19-23(18-29)34-27(32)33)11-12-25(24)30-13-15-31(16-14-30)26(20-7-3-1-4-8-20)21-9-5-2-6-10-21/h1-12,17,23,26H,13-16,18-19,29H2/t23-/m0/s1. The van der Waals surface area contributed by atoms with Gasteiger partial charge in [0.15, 0.2) is 0 Å². The molecule has 5 rings (SSSR count). The SMILES string of the molecule is NC[C@H]1CN(c2ccc(N3CCN(C(c4ccccc4)c4ccccc4)CC3)c(F)c2)C(=O)O1. The van der Waals surface area contributed by atoms with Crippen molar-refractivity contribution in [1.82, 2.24) is 4.90 Å². The summed E-state index contributed by atoms with van der Waals surface area (Å²) in [4.78, 5) is 18.1. The van der Waals surface area contributed by atoms with Crippen LogP contribution in [0.2, 0.25) is 0 Å². The van der Waals surface area contributed by atoms with Gasteiger partial charge in [0.25, 0.3) is 0 Å². The fraction of sp³-hybridized carbons (Fsp3) is 0.296. The maximum atomic E-state index is 15.1. The summed E-state index contributed by atoms with van der Waals surface area (Å²) in [7, 11) is 0. The molecule has 3 aromatic rings. The van der Waals surface area contributed by atoms with E-state index in [9.17, 15) is 4.79 Å². The molecule has 1 amide bonds. The maximum Gasteiger partial charge on any atom is 0.414 e. The molecule has 2 N–H and O–H groups in total. The third-order valence-corrected chi connectivity index (χ3v) is 6.63. The molecule has 0 saturated carbocycles. The van der Waals surface area contributed by atoms with Gasteiger partial charge in [-0.25, -0.2) is 9.18 Å². The first-order chi connectivity index (χ1) is 16.6. The molecule has 2 aliphatic rings. The molecule has 0 bridgehead atoms. The Kier molecular flexibility index (Phi) is 6.47. The Morgan fingerprint density at radius 2 is 1.53 bits per heavy atom. The number of ether oxygens (including phenoxy) is 1. The summed E-state index contributed by atoms with van der Waals surface area (Å²) in [5.41, 5.74) is 9.17. The Morgan fingerprint density at radius 1 is 0.912 bits per heavy atom. The van der Waals surface area contributed by atoms with Gasteiger partial charge in [-0.2, -0.15) is 0 Å². The van der Waals surface area contributed by atoms with Crippen molar-refractivity contribution in [3.8, 4) is 0 Å². The number of rotatable bonds is 6. The molecular formula is C27H29FN4O2. The quantitative estimate of drug-likeness (QED) is 0.602. The van der Waals surface area contributed by atoms with Crippen LogP contribution in [0.4, 0.5) is 20.6 Å². The average molecular weight is 461 g/mol. The number of cyclic esters (lactones) is 1. The second-order valence-corrected chi connectivity index (χ2v) is 8.73. The van der Waals surface area contributed by atoms with Crippen molar-refractivity contribution in [1.29, 1.82) is 0 Å². The van der Waals surface area contributed by atoms with Crippen molar-refractivity contribution in [2.24, 2.45) is 5.73 Å². The minimum absolute atomic E-state index is 0.161. The van der Waals surface area contributed by atoms with Crippen molar-refractivity contribution in [3.63, 3.8) is 0 Å². The second-order valence-electron chi connectivity index (χ2n) is 8.73. The van der Waals surface area contributed by atoms with E-state index in [0.29, 0.717) is 31.0 Å². The summed E-state index contributed by atoms with van der Waals surface area (Å²) >= 11 is 0. The normalized spacial score (nSPS) is 19.0. The van der Waals surface area contributed by atoms with Crippen LogP contribution in [-0.4, -0.2) is 56.4 Å². The van der Waals surface area contributed by atoms with Gasteiger partial charge in [-0.3, -0.25) is 9.80 Å². The number of hydrogen-bond donors (Lipinski definition) is 1. The Hall–Kier alpha value is -3.42. The van der Waals surface area contributed by atoms with Crippen LogP contribution in [0.3, 0.4) is 0 Å². The third kappa shape index (κ3) is 4.49. The number of hydrogen-bond acceptors (Lipinski definition) is 5. The van der Waals surface area contributed by atoms with Crippen molar-refractivity contribution < 1.29 is 13.9 Å². The molecule has 7 heteroatoms. The summed E-state index contributed by atoms with van der Waals surface area (Å²) in [5, 5.41) is 0. The molecule has 2 saturated heterocycles. The van der Waals surface area contributed by atoms with Gasteiger partial charge in [0.05, 0.1) is 24.0 Å². The Balaban J connectivity index is 1.30. The molecule has 2 heterocycles. The molecule has 0 spiro atoms. The lowest BCUT2D eigenvalue weighted by atomic mass is 9.96. The number of nitrogens with zero attached hydrogens (tertiary/aromatic N) is 3. The highest BCUT2D eigenvalue weighted by Crippen LogP contribution is 2.32. The molecular weight excluding hydrogens is 431 g/mol. The molecule has 2 aliphatic heterocycles. The van der Waals surface area contributed by atoms with Crippen molar-refractivity contribution in [2.75, 3.05) is 49.1 Å². The molecule has 0 unspecified atom stereocenters. The lowest BCUT2D eigenvalue weighted by Crippen LogP contribution is -2.48. The van der Waals surface area contributed by atoms with Crippen LogP contribution in [0.15, 0.2) is 78.9 Å². The number of anilines is 2. The van der Waals surface area contributed by atoms with Gasteiger partial charge in [0.2, 0.25) is 0 Å². The smallest absolute Gasteiger partial charge is 0.414 e. The van der Waals surface area contributed by atoms with E-state index in [-0.39, 0.29) is 24.5 Å². The van der Waals surface area contributed by atoms with E-state index in [1.165, 1.54) is 22.1 Å². The first-order valence-electron chi connectivity index (χ1n) is 11.7. The zero-order valence-corrected chi connectivity index (χ0v) is 19.0. The second kappa shape index (κ2) is 9.83. The Morgan fingerprint density at radius 3 is 2.06 bits per heavy atom. The molecule has 0 aromatic heterocycles. The molecule has 0 radical (unpaired) electrons. The monoisotopic (exact) mass is 460 g/mol. The summed E-state index contributed by atoms with van der Waals surface area (Å²) in [6.07, 6.45) is -0.838. The summed E-state index contributed by atoms with van der Waals surface area (Å²) in [6.45, 7) is 3.65. The first kappa shape index (κ1) is 22.4. The minimum atomic E-state index is -0.482. The fourth-order valence-electron chi connectivity index (χ4n) is 4.88. The average Bonchev–Trinajstić information content (AvgIpc) is 3.27. The molecule has 176 valence electrons. The van der Waals surface area contributed by atoms with Gasteiger partial charge >= 0.3 is 6.09 Å². The lowest BCUT2D eigenvalue weighted by molar-refractivity contribution is 0.145. The summed E-state index contributed by atoms with van der Waals surface area (Å²) in [5.74, 6) is -0.336. The highest BCUT2D eigenvalue weighted by molar-refractivity contribution is 5.90. The van der Waals surface area contributed by atoms with Crippen LogP contribution < -0.4 is 15.5 Å². The highest BCUT2D eigenvalue weighted by Gasteiger charge is 2.32. The number of nitrogens with two attached hydrogens (primary N) is 1. The molecule has 0 aliphatic carbocycles. The van der Waals surface area contributed by atoms with E-state index < -0.39 is 6.09 Å². The summed E-state index contributed by atoms with van der Waals surface area (Å²) < 4.78 is 20.3. The molecule has 2 fully saturated rings. The zero-order valence-electron chi connectivity index (χ0n) is 19.0. The van der Waals surface area contributed by atoms with Crippen molar-refractivity contribution in [3.05, 3.63) is 95.8 Å². The topological polar surface area (TPSA) is 62.0 Å². The van der Waals surface area contributed by atoms with Gasteiger partial charge in [-0.15, -0.1) is 0 Å². The number of carbonyl (C=O) groups is 1.